The number of carbonyl (C=O) groups excluding carboxylic acids is 3. The van der Waals surface area contributed by atoms with E-state index in [2.05, 4.69) is 5.32 Å². The first-order chi connectivity index (χ1) is 11.8. The van der Waals surface area contributed by atoms with Crippen LogP contribution in [0.25, 0.3) is 0 Å². The summed E-state index contributed by atoms with van der Waals surface area (Å²) in [5.74, 6) is -3.14. The third-order valence-corrected chi connectivity index (χ3v) is 5.11. The Balaban J connectivity index is 1.72. The normalized spacial score (nSPS) is 25.6. The summed E-state index contributed by atoms with van der Waals surface area (Å²) in [5.41, 5.74) is -0.306. The van der Waals surface area contributed by atoms with Gasteiger partial charge >= 0.3 is 5.97 Å². The Labute approximate surface area is 145 Å². The highest BCUT2D eigenvalue weighted by Gasteiger charge is 2.43. The molecule has 0 saturated heterocycles. The first-order valence-corrected chi connectivity index (χ1v) is 8.32. The number of amides is 3. The predicted molar refractivity (Wildman–Crippen MR) is 88.0 cm³/mol. The maximum Gasteiger partial charge on any atom is 0.308 e. The molecule has 1 aliphatic carbocycles. The van der Waals surface area contributed by atoms with Crippen molar-refractivity contribution in [3.8, 4) is 0 Å². The molecule has 2 N–H and O–H groups in total. The quantitative estimate of drug-likeness (QED) is 0.804. The molecule has 2 unspecified atom stereocenters. The number of rotatable bonds is 4. The lowest BCUT2D eigenvalue weighted by Gasteiger charge is -2.40. The van der Waals surface area contributed by atoms with Gasteiger partial charge in [-0.25, -0.2) is 0 Å². The van der Waals surface area contributed by atoms with Crippen molar-refractivity contribution in [1.29, 1.82) is 0 Å². The summed E-state index contributed by atoms with van der Waals surface area (Å²) >= 11 is 0. The topological polar surface area (TPSA) is 104 Å². The number of hydrogen-bond acceptors (Lipinski definition) is 4. The molecular formula is C18H20N2O5. The predicted octanol–water partition coefficient (Wildman–Crippen LogP) is 1.43. The molecule has 7 nitrogen and oxygen atoms in total. The molecule has 1 saturated carbocycles. The number of nitrogens with one attached hydrogen (secondary N) is 1. The highest BCUT2D eigenvalue weighted by Crippen LogP contribution is 2.34. The number of carbonyl (C=O) groups is 4. The minimum absolute atomic E-state index is 0.285. The molecule has 1 heterocycles. The summed E-state index contributed by atoms with van der Waals surface area (Å²) in [5, 5.41) is 12.2. The van der Waals surface area contributed by atoms with Crippen molar-refractivity contribution < 1.29 is 24.3 Å². The average molecular weight is 344 g/mol. The molecule has 0 spiro atoms. The highest BCUT2D eigenvalue weighted by molar-refractivity contribution is 6.22. The Morgan fingerprint density at radius 3 is 2.36 bits per heavy atom. The van der Waals surface area contributed by atoms with E-state index in [1.807, 2.05) is 0 Å². The Morgan fingerprint density at radius 1 is 1.20 bits per heavy atom. The molecule has 1 fully saturated rings. The lowest BCUT2D eigenvalue weighted by molar-refractivity contribution is -0.146. The van der Waals surface area contributed by atoms with E-state index < -0.39 is 41.7 Å². The minimum atomic E-state index is -0.941. The molecule has 0 aromatic heterocycles. The molecule has 3 amide bonds. The monoisotopic (exact) mass is 344 g/mol. The van der Waals surface area contributed by atoms with E-state index in [1.54, 1.807) is 31.2 Å². The molecule has 25 heavy (non-hydrogen) atoms. The number of carboxylic acids is 1. The van der Waals surface area contributed by atoms with Crippen LogP contribution in [0.2, 0.25) is 0 Å². The largest absolute Gasteiger partial charge is 0.481 e. The highest BCUT2D eigenvalue weighted by atomic mass is 16.4. The first-order valence-electron chi connectivity index (χ1n) is 8.32. The molecule has 3 rings (SSSR count). The van der Waals surface area contributed by atoms with Gasteiger partial charge in [0.05, 0.1) is 22.6 Å². The molecule has 1 aromatic carbocycles. The van der Waals surface area contributed by atoms with Crippen molar-refractivity contribution in [2.45, 2.75) is 38.1 Å². The smallest absolute Gasteiger partial charge is 0.308 e. The van der Waals surface area contributed by atoms with Crippen LogP contribution >= 0.6 is 0 Å². The van der Waals surface area contributed by atoms with Gasteiger partial charge < -0.3 is 10.4 Å². The number of nitrogens with zero attached hydrogens (tertiary/aromatic N) is 1. The third-order valence-electron chi connectivity index (χ3n) is 5.11. The average Bonchev–Trinajstić information content (AvgIpc) is 2.80. The molecule has 2 aliphatic rings. The van der Waals surface area contributed by atoms with Crippen molar-refractivity contribution in [3.05, 3.63) is 35.4 Å². The fourth-order valence-corrected chi connectivity index (χ4v) is 3.76. The fourth-order valence-electron chi connectivity index (χ4n) is 3.76. The SMILES string of the molecule is CC1(NC(=O)CN2C(=O)c3ccccc3C2=O)CCCCC1C(=O)O. The Morgan fingerprint density at radius 2 is 1.80 bits per heavy atom. The maximum atomic E-state index is 12.4. The van der Waals surface area contributed by atoms with Gasteiger partial charge in [-0.15, -0.1) is 0 Å². The van der Waals surface area contributed by atoms with Gasteiger partial charge in [0.25, 0.3) is 11.8 Å². The van der Waals surface area contributed by atoms with E-state index in [0.717, 1.165) is 17.7 Å². The number of fused-ring (bicyclic) bond motifs is 1. The first kappa shape index (κ1) is 17.1. The Kier molecular flexibility index (Phi) is 4.32. The number of carboxylic acid groups (broad SMARTS) is 1. The molecule has 7 heteroatoms. The summed E-state index contributed by atoms with van der Waals surface area (Å²) in [6, 6.07) is 6.43. The van der Waals surface area contributed by atoms with E-state index in [4.69, 9.17) is 0 Å². The summed E-state index contributed by atoms with van der Waals surface area (Å²) in [7, 11) is 0. The summed E-state index contributed by atoms with van der Waals surface area (Å²) < 4.78 is 0. The van der Waals surface area contributed by atoms with Gasteiger partial charge in [-0.05, 0) is 31.9 Å². The zero-order valence-corrected chi connectivity index (χ0v) is 13.9. The van der Waals surface area contributed by atoms with Crippen LogP contribution in [0.1, 0.15) is 53.3 Å². The van der Waals surface area contributed by atoms with Crippen LogP contribution in [0.3, 0.4) is 0 Å². The van der Waals surface area contributed by atoms with Crippen LogP contribution in [0.15, 0.2) is 24.3 Å². The van der Waals surface area contributed by atoms with E-state index in [1.165, 1.54) is 0 Å². The fraction of sp³-hybridized carbons (Fsp3) is 0.444. The van der Waals surface area contributed by atoms with Crippen LogP contribution in [-0.4, -0.2) is 45.8 Å². The Hall–Kier alpha value is -2.70. The van der Waals surface area contributed by atoms with Gasteiger partial charge in [0, 0.05) is 0 Å². The molecule has 0 bridgehead atoms. The second-order valence-electron chi connectivity index (χ2n) is 6.84. The second-order valence-corrected chi connectivity index (χ2v) is 6.84. The number of hydrogen-bond donors (Lipinski definition) is 2. The lowest BCUT2D eigenvalue weighted by atomic mass is 9.74. The standard InChI is InChI=1S/C18H20N2O5/c1-18(9-5-4-8-13(18)17(24)25)19-14(21)10-20-15(22)11-6-2-3-7-12(11)16(20)23/h2-3,6-7,13H,4-5,8-10H2,1H3,(H,19,21)(H,24,25). The van der Waals surface area contributed by atoms with Crippen molar-refractivity contribution >= 4 is 23.7 Å². The third kappa shape index (κ3) is 3.01. The van der Waals surface area contributed by atoms with E-state index in [0.29, 0.717) is 12.8 Å². The lowest BCUT2D eigenvalue weighted by Crippen LogP contribution is -2.57. The summed E-state index contributed by atoms with van der Waals surface area (Å²) in [6.45, 7) is 1.31. The molecular weight excluding hydrogens is 324 g/mol. The number of imide groups is 1. The van der Waals surface area contributed by atoms with Gasteiger partial charge in [-0.2, -0.15) is 0 Å². The van der Waals surface area contributed by atoms with Crippen molar-refractivity contribution in [1.82, 2.24) is 10.2 Å². The van der Waals surface area contributed by atoms with Crippen molar-refractivity contribution in [3.63, 3.8) is 0 Å². The van der Waals surface area contributed by atoms with Gasteiger partial charge in [0.15, 0.2) is 0 Å². The van der Waals surface area contributed by atoms with Crippen LogP contribution in [0.5, 0.6) is 0 Å². The Bertz CT molecular complexity index is 725. The maximum absolute atomic E-state index is 12.4. The molecule has 1 aliphatic heterocycles. The summed E-state index contributed by atoms with van der Waals surface area (Å²) in [6.07, 6.45) is 2.69. The zero-order chi connectivity index (χ0) is 18.2. The molecule has 1 aromatic rings. The zero-order valence-electron chi connectivity index (χ0n) is 13.9. The van der Waals surface area contributed by atoms with Crippen molar-refractivity contribution in [2.75, 3.05) is 6.54 Å². The molecule has 132 valence electrons. The minimum Gasteiger partial charge on any atom is -0.481 e. The van der Waals surface area contributed by atoms with Gasteiger partial charge in [0.1, 0.15) is 6.54 Å². The van der Waals surface area contributed by atoms with Crippen LogP contribution in [0.4, 0.5) is 0 Å². The van der Waals surface area contributed by atoms with Gasteiger partial charge in [-0.3, -0.25) is 24.1 Å². The van der Waals surface area contributed by atoms with Crippen LogP contribution in [-0.2, 0) is 9.59 Å². The van der Waals surface area contributed by atoms with E-state index in [9.17, 15) is 24.3 Å². The molecule has 2 atom stereocenters. The number of aliphatic carboxylic acids is 1. The number of benzene rings is 1. The van der Waals surface area contributed by atoms with Gasteiger partial charge in [0.2, 0.25) is 5.91 Å². The molecule has 0 radical (unpaired) electrons. The summed E-state index contributed by atoms with van der Waals surface area (Å²) in [4.78, 5) is 49.5. The van der Waals surface area contributed by atoms with Crippen LogP contribution in [0, 0.1) is 5.92 Å². The van der Waals surface area contributed by atoms with Crippen molar-refractivity contribution in [2.24, 2.45) is 5.92 Å². The van der Waals surface area contributed by atoms with Crippen LogP contribution < -0.4 is 5.32 Å². The second kappa shape index (κ2) is 6.31. The van der Waals surface area contributed by atoms with Gasteiger partial charge in [-0.1, -0.05) is 25.0 Å². The van der Waals surface area contributed by atoms with E-state index >= 15 is 0 Å². The van der Waals surface area contributed by atoms with E-state index in [-0.39, 0.29) is 11.1 Å².